The summed E-state index contributed by atoms with van der Waals surface area (Å²) in [5.74, 6) is -0.480. The first kappa shape index (κ1) is 15.9. The summed E-state index contributed by atoms with van der Waals surface area (Å²) in [6.07, 6.45) is 4.18. The molecule has 0 radical (unpaired) electrons. The maximum absolute atomic E-state index is 11.4. The van der Waals surface area contributed by atoms with Gasteiger partial charge in [0.2, 0.25) is 0 Å². The number of hydrogen-bond donors (Lipinski definition) is 0. The van der Waals surface area contributed by atoms with Gasteiger partial charge in [-0.3, -0.25) is 4.79 Å². The van der Waals surface area contributed by atoms with Gasteiger partial charge in [-0.1, -0.05) is 12.7 Å². The Morgan fingerprint density at radius 1 is 1.00 bits per heavy atom. The summed E-state index contributed by atoms with van der Waals surface area (Å²) >= 11 is 0. The van der Waals surface area contributed by atoms with Crippen LogP contribution in [0.15, 0.2) is 18.2 Å². The molecule has 3 heteroatoms. The van der Waals surface area contributed by atoms with Crippen molar-refractivity contribution in [2.75, 3.05) is 7.11 Å². The molecule has 1 rings (SSSR count). The highest BCUT2D eigenvalue weighted by Gasteiger charge is 2.13. The molecule has 0 bridgehead atoms. The molecule has 0 saturated carbocycles. The third kappa shape index (κ3) is 2.87. The second kappa shape index (κ2) is 6.33. The first-order chi connectivity index (χ1) is 9.34. The molecule has 1 aromatic carbocycles. The summed E-state index contributed by atoms with van der Waals surface area (Å²) in [6, 6.07) is 0. The smallest absolute Gasteiger partial charge is 0.337 e. The number of esters is 1. The lowest BCUT2D eigenvalue weighted by molar-refractivity contribution is -0.135. The van der Waals surface area contributed by atoms with Crippen LogP contribution >= 0.6 is 0 Å². The highest BCUT2D eigenvalue weighted by molar-refractivity contribution is 5.93. The fraction of sp³-hybridized carbons (Fsp3) is 0.294. The highest BCUT2D eigenvalue weighted by atomic mass is 16.5. The number of methoxy groups -OCH3 is 1. The molecule has 0 amide bonds. The largest absolute Gasteiger partial charge is 0.465 e. The Hall–Kier alpha value is -2.16. The first-order valence-electron chi connectivity index (χ1n) is 6.36. The molecule has 106 valence electrons. The normalized spacial score (nSPS) is 10.7. The minimum Gasteiger partial charge on any atom is -0.465 e. The SMILES string of the molecule is C=C(C=Cc1c(C)c(C)c(C)c(C)c1C=O)C(=O)OC. The summed E-state index contributed by atoms with van der Waals surface area (Å²) in [7, 11) is 1.31. The number of carbonyl (C=O) groups excluding carboxylic acids is 2. The molecule has 0 aliphatic carbocycles. The van der Waals surface area contributed by atoms with Crippen LogP contribution in [0.1, 0.15) is 38.2 Å². The van der Waals surface area contributed by atoms with Crippen molar-refractivity contribution >= 4 is 18.3 Å². The Kier molecular flexibility index (Phi) is 5.03. The summed E-state index contributed by atoms with van der Waals surface area (Å²) in [5, 5.41) is 0. The van der Waals surface area contributed by atoms with Crippen molar-refractivity contribution < 1.29 is 14.3 Å². The van der Waals surface area contributed by atoms with Crippen LogP contribution in [-0.4, -0.2) is 19.4 Å². The average Bonchev–Trinajstić information content (AvgIpc) is 2.45. The van der Waals surface area contributed by atoms with Gasteiger partial charge in [-0.15, -0.1) is 0 Å². The van der Waals surface area contributed by atoms with E-state index in [1.165, 1.54) is 7.11 Å². The summed E-state index contributed by atoms with van der Waals surface area (Å²) in [5.41, 5.74) is 5.99. The van der Waals surface area contributed by atoms with Gasteiger partial charge in [-0.05, 0) is 61.6 Å². The van der Waals surface area contributed by atoms with Crippen molar-refractivity contribution in [1.82, 2.24) is 0 Å². The Balaban J connectivity index is 3.39. The van der Waals surface area contributed by atoms with E-state index in [0.29, 0.717) is 5.56 Å². The van der Waals surface area contributed by atoms with Crippen LogP contribution in [0.4, 0.5) is 0 Å². The predicted octanol–water partition coefficient (Wildman–Crippen LogP) is 3.48. The van der Waals surface area contributed by atoms with E-state index in [-0.39, 0.29) is 5.57 Å². The maximum atomic E-state index is 11.4. The second-order valence-corrected chi connectivity index (χ2v) is 4.80. The Labute approximate surface area is 120 Å². The average molecular weight is 272 g/mol. The number of ether oxygens (including phenoxy) is 1. The Bertz CT molecular complexity index is 607. The third-order valence-electron chi connectivity index (χ3n) is 3.80. The van der Waals surface area contributed by atoms with E-state index < -0.39 is 5.97 Å². The lowest BCUT2D eigenvalue weighted by atomic mass is 9.89. The molecule has 20 heavy (non-hydrogen) atoms. The van der Waals surface area contributed by atoms with Crippen LogP contribution in [0, 0.1) is 27.7 Å². The number of aldehydes is 1. The van der Waals surface area contributed by atoms with Crippen molar-refractivity contribution in [3.05, 3.63) is 51.6 Å². The van der Waals surface area contributed by atoms with Gasteiger partial charge in [0.1, 0.15) is 0 Å². The van der Waals surface area contributed by atoms with Gasteiger partial charge in [-0.25, -0.2) is 4.79 Å². The lowest BCUT2D eigenvalue weighted by Crippen LogP contribution is -2.03. The zero-order valence-electron chi connectivity index (χ0n) is 12.7. The standard InChI is InChI=1S/C17H20O3/c1-10(17(19)20-6)7-8-15-13(4)11(2)12(3)14(5)16(15)9-18/h7-9H,1H2,2-6H3. The van der Waals surface area contributed by atoms with E-state index in [2.05, 4.69) is 11.3 Å². The molecule has 0 fully saturated rings. The van der Waals surface area contributed by atoms with Gasteiger partial charge in [0, 0.05) is 5.56 Å². The van der Waals surface area contributed by atoms with Gasteiger partial charge < -0.3 is 4.74 Å². The van der Waals surface area contributed by atoms with E-state index in [0.717, 1.165) is 34.1 Å². The summed E-state index contributed by atoms with van der Waals surface area (Å²) in [6.45, 7) is 11.6. The molecular weight excluding hydrogens is 252 g/mol. The predicted molar refractivity (Wildman–Crippen MR) is 81.0 cm³/mol. The molecule has 0 spiro atoms. The van der Waals surface area contributed by atoms with Gasteiger partial charge in [-0.2, -0.15) is 0 Å². The quantitative estimate of drug-likeness (QED) is 0.365. The highest BCUT2D eigenvalue weighted by Crippen LogP contribution is 2.26. The van der Waals surface area contributed by atoms with Crippen molar-refractivity contribution in [2.24, 2.45) is 0 Å². The third-order valence-corrected chi connectivity index (χ3v) is 3.80. The molecule has 0 aliphatic rings. The van der Waals surface area contributed by atoms with Crippen LogP contribution < -0.4 is 0 Å². The molecule has 3 nitrogen and oxygen atoms in total. The molecule has 0 saturated heterocycles. The molecule has 0 aromatic heterocycles. The maximum Gasteiger partial charge on any atom is 0.337 e. The molecule has 0 atom stereocenters. The van der Waals surface area contributed by atoms with Crippen LogP contribution in [0.3, 0.4) is 0 Å². The van der Waals surface area contributed by atoms with E-state index >= 15 is 0 Å². The van der Waals surface area contributed by atoms with Crippen LogP contribution in [0.25, 0.3) is 6.08 Å². The summed E-state index contributed by atoms with van der Waals surface area (Å²) in [4.78, 5) is 22.7. The minimum atomic E-state index is -0.480. The topological polar surface area (TPSA) is 43.4 Å². The van der Waals surface area contributed by atoms with E-state index in [1.54, 1.807) is 12.2 Å². The molecule has 0 heterocycles. The van der Waals surface area contributed by atoms with Crippen molar-refractivity contribution in [3.8, 4) is 0 Å². The van der Waals surface area contributed by atoms with E-state index in [1.807, 2.05) is 27.7 Å². The molecule has 0 aliphatic heterocycles. The van der Waals surface area contributed by atoms with Crippen LogP contribution in [0.2, 0.25) is 0 Å². The summed E-state index contributed by atoms with van der Waals surface area (Å²) < 4.78 is 4.59. The van der Waals surface area contributed by atoms with E-state index in [9.17, 15) is 9.59 Å². The van der Waals surface area contributed by atoms with Gasteiger partial charge in [0.05, 0.1) is 12.7 Å². The second-order valence-electron chi connectivity index (χ2n) is 4.80. The van der Waals surface area contributed by atoms with Crippen LogP contribution in [-0.2, 0) is 9.53 Å². The molecular formula is C17H20O3. The molecule has 0 N–H and O–H groups in total. The fourth-order valence-corrected chi connectivity index (χ4v) is 2.12. The number of rotatable bonds is 4. The van der Waals surface area contributed by atoms with Crippen molar-refractivity contribution in [3.63, 3.8) is 0 Å². The number of benzene rings is 1. The first-order valence-corrected chi connectivity index (χ1v) is 6.36. The molecule has 1 aromatic rings. The zero-order chi connectivity index (χ0) is 15.4. The number of hydrogen-bond acceptors (Lipinski definition) is 3. The molecule has 0 unspecified atom stereocenters. The van der Waals surface area contributed by atoms with Gasteiger partial charge in [0.15, 0.2) is 6.29 Å². The monoisotopic (exact) mass is 272 g/mol. The van der Waals surface area contributed by atoms with Crippen molar-refractivity contribution in [2.45, 2.75) is 27.7 Å². The lowest BCUT2D eigenvalue weighted by Gasteiger charge is -2.15. The van der Waals surface area contributed by atoms with Gasteiger partial charge >= 0.3 is 5.97 Å². The fourth-order valence-electron chi connectivity index (χ4n) is 2.12. The van der Waals surface area contributed by atoms with Crippen LogP contribution in [0.5, 0.6) is 0 Å². The Morgan fingerprint density at radius 2 is 1.50 bits per heavy atom. The van der Waals surface area contributed by atoms with Gasteiger partial charge in [0.25, 0.3) is 0 Å². The van der Waals surface area contributed by atoms with Crippen molar-refractivity contribution in [1.29, 1.82) is 0 Å². The van der Waals surface area contributed by atoms with E-state index in [4.69, 9.17) is 0 Å². The Morgan fingerprint density at radius 3 is 1.95 bits per heavy atom. The minimum absolute atomic E-state index is 0.250. The number of carbonyl (C=O) groups is 2. The zero-order valence-corrected chi connectivity index (χ0v) is 12.7.